The summed E-state index contributed by atoms with van der Waals surface area (Å²) in [7, 11) is -9.55. The van der Waals surface area contributed by atoms with E-state index in [9.17, 15) is 9.13 Å². The Bertz CT molecular complexity index is 361. The lowest BCUT2D eigenvalue weighted by molar-refractivity contribution is 0.377. The zero-order valence-electron chi connectivity index (χ0n) is 5.93. The molecule has 0 amide bonds. The predicted molar refractivity (Wildman–Crippen MR) is 39.9 cm³/mol. The molecule has 0 aromatic carbocycles. The molecule has 0 aliphatic heterocycles. The molecule has 0 saturated heterocycles. The summed E-state index contributed by atoms with van der Waals surface area (Å²) in [6.45, 7) is 0. The van der Waals surface area contributed by atoms with Crippen LogP contribution in [0.5, 0.6) is 0 Å². The molecule has 1 rings (SSSR count). The molecule has 0 fully saturated rings. The fourth-order valence-electron chi connectivity index (χ4n) is 0.627. The van der Waals surface area contributed by atoms with Crippen molar-refractivity contribution in [2.75, 3.05) is 0 Å². The van der Waals surface area contributed by atoms with Crippen LogP contribution in [-0.4, -0.2) is 24.7 Å². The monoisotopic (exact) mass is 229 g/mol. The molecular weight excluding hydrogens is 224 g/mol. The van der Waals surface area contributed by atoms with Crippen molar-refractivity contribution in [2.24, 2.45) is 0 Å². The van der Waals surface area contributed by atoms with E-state index in [-0.39, 0.29) is 0 Å². The molecule has 8 nitrogen and oxygen atoms in total. The fraction of sp³-hybridized carbons (Fsp3) is 0. The van der Waals surface area contributed by atoms with Crippen LogP contribution in [0, 0.1) is 0 Å². The van der Waals surface area contributed by atoms with Gasteiger partial charge in [0.15, 0.2) is 0 Å². The molecule has 0 radical (unpaired) electrons. The third kappa shape index (κ3) is 2.25. The van der Waals surface area contributed by atoms with Gasteiger partial charge in [-0.1, -0.05) is 5.16 Å². The van der Waals surface area contributed by atoms with E-state index in [1.54, 1.807) is 0 Å². The van der Waals surface area contributed by atoms with E-state index in [0.717, 1.165) is 0 Å². The summed E-state index contributed by atoms with van der Waals surface area (Å²) in [5.41, 5.74) is -1.03. The van der Waals surface area contributed by atoms with Crippen molar-refractivity contribution in [3.05, 3.63) is 6.26 Å². The van der Waals surface area contributed by atoms with Crippen LogP contribution in [0.1, 0.15) is 0 Å². The highest BCUT2D eigenvalue weighted by Crippen LogP contribution is 2.39. The molecule has 0 unspecified atom stereocenters. The van der Waals surface area contributed by atoms with Crippen LogP contribution in [0.2, 0.25) is 0 Å². The van der Waals surface area contributed by atoms with E-state index in [1.165, 1.54) is 0 Å². The van der Waals surface area contributed by atoms with Crippen molar-refractivity contribution in [1.82, 2.24) is 5.16 Å². The molecule has 1 heterocycles. The molecule has 0 spiro atoms. The van der Waals surface area contributed by atoms with E-state index < -0.39 is 25.9 Å². The van der Waals surface area contributed by atoms with Crippen molar-refractivity contribution in [2.45, 2.75) is 0 Å². The van der Waals surface area contributed by atoms with Gasteiger partial charge in [-0.3, -0.25) is 9.13 Å². The molecule has 0 aliphatic rings. The van der Waals surface area contributed by atoms with Crippen molar-refractivity contribution in [3.63, 3.8) is 0 Å². The molecule has 0 saturated carbocycles. The maximum Gasteiger partial charge on any atom is 0.378 e. The van der Waals surface area contributed by atoms with E-state index in [2.05, 4.69) is 9.68 Å². The number of hydrogen-bond acceptors (Lipinski definition) is 4. The molecule has 1 aromatic heterocycles. The molecule has 1 aromatic rings. The van der Waals surface area contributed by atoms with Crippen LogP contribution in [0.3, 0.4) is 0 Å². The van der Waals surface area contributed by atoms with E-state index in [4.69, 9.17) is 19.6 Å². The lowest BCUT2D eigenvalue weighted by atomic mass is 10.7. The van der Waals surface area contributed by atoms with Crippen LogP contribution < -0.4 is 10.7 Å². The zero-order valence-corrected chi connectivity index (χ0v) is 7.72. The van der Waals surface area contributed by atoms with Crippen molar-refractivity contribution >= 4 is 25.9 Å². The first-order valence-corrected chi connectivity index (χ1v) is 6.02. The van der Waals surface area contributed by atoms with Gasteiger partial charge in [0.25, 0.3) is 0 Å². The Hall–Kier alpha value is -0.490. The third-order valence-electron chi connectivity index (χ3n) is 1.12. The van der Waals surface area contributed by atoms with Crippen LogP contribution in [0.25, 0.3) is 0 Å². The Labute approximate surface area is 71.5 Å². The van der Waals surface area contributed by atoms with Gasteiger partial charge in [0.1, 0.15) is 11.6 Å². The minimum absolute atomic E-state index is 0.509. The second-order valence-electron chi connectivity index (χ2n) is 2.11. The second-order valence-corrected chi connectivity index (χ2v) is 5.19. The molecular formula is C3H5NO7P2. The fourth-order valence-corrected chi connectivity index (χ4v) is 2.40. The quantitative estimate of drug-likeness (QED) is 0.439. The average molecular weight is 229 g/mol. The summed E-state index contributed by atoms with van der Waals surface area (Å²) >= 11 is 0. The van der Waals surface area contributed by atoms with Gasteiger partial charge in [0, 0.05) is 0 Å². The normalized spacial score (nSPS) is 13.2. The first-order valence-electron chi connectivity index (χ1n) is 2.79. The highest BCUT2D eigenvalue weighted by atomic mass is 31.2. The summed E-state index contributed by atoms with van der Waals surface area (Å²) in [6, 6.07) is 0. The van der Waals surface area contributed by atoms with Gasteiger partial charge in [-0.2, -0.15) is 0 Å². The highest BCUT2D eigenvalue weighted by molar-refractivity contribution is 7.66. The SMILES string of the molecule is O=P(O)(O)c1conc1P(=O)(O)O. The van der Waals surface area contributed by atoms with Gasteiger partial charge >= 0.3 is 15.2 Å². The second kappa shape index (κ2) is 3.02. The summed E-state index contributed by atoms with van der Waals surface area (Å²) in [4.78, 5) is 34.3. The molecule has 0 atom stereocenters. The lowest BCUT2D eigenvalue weighted by Crippen LogP contribution is -2.23. The Balaban J connectivity index is 3.35. The maximum absolute atomic E-state index is 10.6. The standard InChI is InChI=1S/C3H5NO7P2/c5-12(6,7)2-1-11-4-3(2)13(8,9)10/h1H,(H2,5,6,7)(H2,8,9,10). The third-order valence-corrected chi connectivity index (χ3v) is 3.12. The summed E-state index contributed by atoms with van der Waals surface area (Å²) in [5.74, 6) is 0. The first-order chi connectivity index (χ1) is 5.73. The Kier molecular flexibility index (Phi) is 2.46. The number of aromatic nitrogens is 1. The number of nitrogens with zero attached hydrogens (tertiary/aromatic N) is 1. The summed E-state index contributed by atoms with van der Waals surface area (Å²) in [5, 5.41) is 1.94. The molecule has 0 aliphatic carbocycles. The molecule has 13 heavy (non-hydrogen) atoms. The lowest BCUT2D eigenvalue weighted by Gasteiger charge is -2.03. The maximum atomic E-state index is 10.6. The number of rotatable bonds is 2. The van der Waals surface area contributed by atoms with Gasteiger partial charge in [0.2, 0.25) is 5.44 Å². The van der Waals surface area contributed by atoms with E-state index in [1.807, 2.05) is 0 Å². The average Bonchev–Trinajstić information content (AvgIpc) is 2.27. The Morgan fingerprint density at radius 1 is 1.15 bits per heavy atom. The minimum atomic E-state index is -4.80. The van der Waals surface area contributed by atoms with Gasteiger partial charge in [-0.15, -0.1) is 0 Å². The van der Waals surface area contributed by atoms with Crippen molar-refractivity contribution in [3.8, 4) is 0 Å². The van der Waals surface area contributed by atoms with Gasteiger partial charge < -0.3 is 24.1 Å². The van der Waals surface area contributed by atoms with E-state index in [0.29, 0.717) is 6.26 Å². The molecule has 74 valence electrons. The smallest absolute Gasteiger partial charge is 0.363 e. The Morgan fingerprint density at radius 3 is 2.00 bits per heavy atom. The van der Waals surface area contributed by atoms with Crippen LogP contribution in [-0.2, 0) is 9.13 Å². The highest BCUT2D eigenvalue weighted by Gasteiger charge is 2.34. The largest absolute Gasteiger partial charge is 0.378 e. The van der Waals surface area contributed by atoms with Crippen molar-refractivity contribution < 1.29 is 33.2 Å². The van der Waals surface area contributed by atoms with Gasteiger partial charge in [0.05, 0.1) is 0 Å². The first kappa shape index (κ1) is 10.6. The topological polar surface area (TPSA) is 141 Å². The summed E-state index contributed by atoms with van der Waals surface area (Å²) < 4.78 is 25.3. The number of hydrogen-bond donors (Lipinski definition) is 4. The van der Waals surface area contributed by atoms with Crippen LogP contribution >= 0.6 is 15.2 Å². The molecule has 10 heteroatoms. The minimum Gasteiger partial charge on any atom is -0.363 e. The molecule has 4 N–H and O–H groups in total. The van der Waals surface area contributed by atoms with Crippen LogP contribution in [0.15, 0.2) is 10.8 Å². The van der Waals surface area contributed by atoms with Crippen LogP contribution in [0.4, 0.5) is 0 Å². The van der Waals surface area contributed by atoms with Gasteiger partial charge in [-0.05, 0) is 0 Å². The Morgan fingerprint density at radius 2 is 1.69 bits per heavy atom. The zero-order chi connectivity index (χ0) is 10.3. The summed E-state index contributed by atoms with van der Waals surface area (Å²) in [6.07, 6.45) is 0.509. The molecule has 0 bridgehead atoms. The predicted octanol–water partition coefficient (Wildman–Crippen LogP) is -1.72. The van der Waals surface area contributed by atoms with Crippen molar-refractivity contribution in [1.29, 1.82) is 0 Å². The van der Waals surface area contributed by atoms with Gasteiger partial charge in [-0.25, -0.2) is 0 Å². The van der Waals surface area contributed by atoms with E-state index >= 15 is 0 Å².